The van der Waals surface area contributed by atoms with Crippen LogP contribution in [-0.2, 0) is 26.1 Å². The van der Waals surface area contributed by atoms with Crippen molar-refractivity contribution in [1.29, 1.82) is 0 Å². The fraction of sp³-hybridized carbons (Fsp3) is 0.550. The number of pyridine rings is 1. The van der Waals surface area contributed by atoms with Gasteiger partial charge in [0.1, 0.15) is 11.3 Å². The summed E-state index contributed by atoms with van der Waals surface area (Å²) in [6.07, 6.45) is 5.68. The minimum Gasteiger partial charge on any atom is -0.496 e. The molecule has 0 spiro atoms. The quantitative estimate of drug-likeness (QED) is 0.808. The third-order valence-electron chi connectivity index (χ3n) is 5.24. The van der Waals surface area contributed by atoms with Gasteiger partial charge in [0.05, 0.1) is 12.8 Å². The minimum atomic E-state index is -0.124. The van der Waals surface area contributed by atoms with Crippen molar-refractivity contribution in [1.82, 2.24) is 19.2 Å². The fourth-order valence-corrected chi connectivity index (χ4v) is 3.70. The standard InChI is InChI=1S/C20H28N4O3/c1-5-23-13-15(14(2)21-23)12-22(3)20(26)19-16-9-7-6-8-10-24(16)18(25)11-17(19)27-4/h11,13H,5-10,12H2,1-4H3. The predicted molar refractivity (Wildman–Crippen MR) is 103 cm³/mol. The summed E-state index contributed by atoms with van der Waals surface area (Å²) in [4.78, 5) is 27.5. The topological polar surface area (TPSA) is 69.4 Å². The Hall–Kier alpha value is -2.57. The summed E-state index contributed by atoms with van der Waals surface area (Å²) in [6, 6.07) is 1.44. The Morgan fingerprint density at radius 2 is 2.11 bits per heavy atom. The summed E-state index contributed by atoms with van der Waals surface area (Å²) in [5.74, 6) is 0.243. The number of aromatic nitrogens is 3. The molecule has 0 aromatic carbocycles. The summed E-state index contributed by atoms with van der Waals surface area (Å²) in [7, 11) is 3.29. The number of methoxy groups -OCH3 is 1. The van der Waals surface area contributed by atoms with Gasteiger partial charge in [-0.1, -0.05) is 6.42 Å². The molecule has 27 heavy (non-hydrogen) atoms. The average molecular weight is 372 g/mol. The number of hydrogen-bond acceptors (Lipinski definition) is 4. The van der Waals surface area contributed by atoms with Crippen molar-refractivity contribution in [3.05, 3.63) is 45.1 Å². The number of nitrogens with zero attached hydrogens (tertiary/aromatic N) is 4. The van der Waals surface area contributed by atoms with Crippen LogP contribution in [0, 0.1) is 6.92 Å². The molecule has 0 fully saturated rings. The van der Waals surface area contributed by atoms with Crippen molar-refractivity contribution in [3.8, 4) is 5.75 Å². The van der Waals surface area contributed by atoms with Crippen LogP contribution in [-0.4, -0.2) is 39.3 Å². The van der Waals surface area contributed by atoms with Crippen LogP contribution in [0.4, 0.5) is 0 Å². The molecule has 1 aliphatic rings. The fourth-order valence-electron chi connectivity index (χ4n) is 3.70. The maximum atomic E-state index is 13.3. The van der Waals surface area contributed by atoms with Crippen molar-refractivity contribution in [2.24, 2.45) is 0 Å². The van der Waals surface area contributed by atoms with Gasteiger partial charge in [-0.25, -0.2) is 0 Å². The van der Waals surface area contributed by atoms with Gasteiger partial charge < -0.3 is 14.2 Å². The van der Waals surface area contributed by atoms with Gasteiger partial charge in [-0.05, 0) is 33.1 Å². The monoisotopic (exact) mass is 372 g/mol. The zero-order valence-corrected chi connectivity index (χ0v) is 16.6. The van der Waals surface area contributed by atoms with Gasteiger partial charge in [0.2, 0.25) is 0 Å². The van der Waals surface area contributed by atoms with Gasteiger partial charge in [-0.15, -0.1) is 0 Å². The summed E-state index contributed by atoms with van der Waals surface area (Å²) in [6.45, 7) is 5.90. The molecule has 3 rings (SSSR count). The van der Waals surface area contributed by atoms with Crippen LogP contribution >= 0.6 is 0 Å². The second kappa shape index (κ2) is 7.98. The zero-order valence-electron chi connectivity index (χ0n) is 16.6. The van der Waals surface area contributed by atoms with E-state index in [2.05, 4.69) is 5.10 Å². The van der Waals surface area contributed by atoms with Crippen LogP contribution in [0.2, 0.25) is 0 Å². The van der Waals surface area contributed by atoms with Crippen LogP contribution in [0.3, 0.4) is 0 Å². The van der Waals surface area contributed by atoms with E-state index in [0.29, 0.717) is 30.8 Å². The van der Waals surface area contributed by atoms with Crippen LogP contribution in [0.5, 0.6) is 5.75 Å². The molecule has 3 heterocycles. The Bertz CT molecular complexity index is 897. The first kappa shape index (κ1) is 19.2. The molecule has 0 saturated carbocycles. The molecule has 0 atom stereocenters. The van der Waals surface area contributed by atoms with Crippen LogP contribution in [0.15, 0.2) is 17.1 Å². The minimum absolute atomic E-state index is 0.0944. The van der Waals surface area contributed by atoms with Gasteiger partial charge in [0, 0.05) is 50.2 Å². The SMILES string of the molecule is CCn1cc(CN(C)C(=O)c2c(OC)cc(=O)n3c2CCCCC3)c(C)n1. The number of aryl methyl sites for hydroxylation is 2. The predicted octanol–water partition coefficient (Wildman–Crippen LogP) is 2.38. The number of carbonyl (C=O) groups is 1. The molecule has 2 aromatic heterocycles. The van der Waals surface area contributed by atoms with Crippen molar-refractivity contribution in [2.75, 3.05) is 14.2 Å². The molecule has 0 aliphatic carbocycles. The van der Waals surface area contributed by atoms with Gasteiger partial charge in [-0.3, -0.25) is 14.3 Å². The second-order valence-electron chi connectivity index (χ2n) is 7.09. The van der Waals surface area contributed by atoms with Crippen LogP contribution < -0.4 is 10.3 Å². The third-order valence-corrected chi connectivity index (χ3v) is 5.24. The second-order valence-corrected chi connectivity index (χ2v) is 7.09. The van der Waals surface area contributed by atoms with E-state index in [4.69, 9.17) is 4.74 Å². The van der Waals surface area contributed by atoms with E-state index in [1.807, 2.05) is 24.7 Å². The largest absolute Gasteiger partial charge is 0.496 e. The molecule has 146 valence electrons. The van der Waals surface area contributed by atoms with Gasteiger partial charge in [0.15, 0.2) is 0 Å². The lowest BCUT2D eigenvalue weighted by molar-refractivity contribution is 0.0779. The van der Waals surface area contributed by atoms with Crippen molar-refractivity contribution >= 4 is 5.91 Å². The number of rotatable bonds is 5. The molecule has 7 heteroatoms. The summed E-state index contributed by atoms with van der Waals surface area (Å²) in [5, 5.41) is 4.45. The third kappa shape index (κ3) is 3.77. The van der Waals surface area contributed by atoms with E-state index in [1.54, 1.807) is 16.5 Å². The maximum Gasteiger partial charge on any atom is 0.259 e. The highest BCUT2D eigenvalue weighted by Crippen LogP contribution is 2.26. The molecule has 0 unspecified atom stereocenters. The first-order valence-corrected chi connectivity index (χ1v) is 9.55. The molecular weight excluding hydrogens is 344 g/mol. The summed E-state index contributed by atoms with van der Waals surface area (Å²) >= 11 is 0. The average Bonchev–Trinajstić information content (AvgIpc) is 2.85. The van der Waals surface area contributed by atoms with Crippen LogP contribution in [0.1, 0.15) is 53.5 Å². The molecule has 1 amide bonds. The molecule has 0 radical (unpaired) electrons. The van der Waals surface area contributed by atoms with E-state index in [-0.39, 0.29) is 11.5 Å². The Labute approximate surface area is 159 Å². The number of hydrogen-bond donors (Lipinski definition) is 0. The first-order chi connectivity index (χ1) is 13.0. The Morgan fingerprint density at radius 3 is 2.78 bits per heavy atom. The highest BCUT2D eigenvalue weighted by molar-refractivity contribution is 5.98. The smallest absolute Gasteiger partial charge is 0.259 e. The lowest BCUT2D eigenvalue weighted by Gasteiger charge is -2.22. The van der Waals surface area contributed by atoms with Gasteiger partial charge in [-0.2, -0.15) is 5.10 Å². The molecule has 2 aromatic rings. The van der Waals surface area contributed by atoms with E-state index in [0.717, 1.165) is 42.8 Å². The zero-order chi connectivity index (χ0) is 19.6. The maximum absolute atomic E-state index is 13.3. The highest BCUT2D eigenvalue weighted by Gasteiger charge is 2.26. The normalized spacial score (nSPS) is 13.8. The van der Waals surface area contributed by atoms with E-state index in [1.165, 1.54) is 13.2 Å². The summed E-state index contributed by atoms with van der Waals surface area (Å²) < 4.78 is 9.04. The lowest BCUT2D eigenvalue weighted by atomic mass is 10.1. The molecule has 7 nitrogen and oxygen atoms in total. The van der Waals surface area contributed by atoms with Gasteiger partial charge in [0.25, 0.3) is 11.5 Å². The van der Waals surface area contributed by atoms with Crippen molar-refractivity contribution in [2.45, 2.75) is 59.2 Å². The lowest BCUT2D eigenvalue weighted by Crippen LogP contribution is -2.32. The number of amides is 1. The first-order valence-electron chi connectivity index (χ1n) is 9.55. The van der Waals surface area contributed by atoms with E-state index in [9.17, 15) is 9.59 Å². The molecule has 0 N–H and O–H groups in total. The Balaban J connectivity index is 1.97. The van der Waals surface area contributed by atoms with Gasteiger partial charge >= 0.3 is 0 Å². The van der Waals surface area contributed by atoms with E-state index < -0.39 is 0 Å². The van der Waals surface area contributed by atoms with Crippen molar-refractivity contribution < 1.29 is 9.53 Å². The number of ether oxygens (including phenoxy) is 1. The number of carbonyl (C=O) groups excluding carboxylic acids is 1. The van der Waals surface area contributed by atoms with Crippen LogP contribution in [0.25, 0.3) is 0 Å². The Kier molecular flexibility index (Phi) is 5.68. The van der Waals surface area contributed by atoms with Crippen molar-refractivity contribution in [3.63, 3.8) is 0 Å². The molecule has 0 bridgehead atoms. The van der Waals surface area contributed by atoms with E-state index >= 15 is 0 Å². The Morgan fingerprint density at radius 1 is 1.33 bits per heavy atom. The molecular formula is C20H28N4O3. The highest BCUT2D eigenvalue weighted by atomic mass is 16.5. The summed E-state index contributed by atoms with van der Waals surface area (Å²) in [5.41, 5.74) is 3.16. The molecule has 0 saturated heterocycles. The number of fused-ring (bicyclic) bond motifs is 1. The molecule has 1 aliphatic heterocycles.